The summed E-state index contributed by atoms with van der Waals surface area (Å²) in [5.41, 5.74) is 10.5. The number of nitrogens with two attached hydrogens (primary N) is 1. The number of aryl methyl sites for hydroxylation is 1. The third-order valence-electron chi connectivity index (χ3n) is 5.81. The van der Waals surface area contributed by atoms with Crippen LogP contribution in [-0.4, -0.2) is 52.4 Å². The first kappa shape index (κ1) is 24.9. The van der Waals surface area contributed by atoms with Gasteiger partial charge in [-0.05, 0) is 23.5 Å². The zero-order chi connectivity index (χ0) is 24.3. The topological polar surface area (TPSA) is 115 Å². The first-order valence-corrected chi connectivity index (χ1v) is 11.9. The molecule has 1 aliphatic rings. The molecule has 1 aromatic heterocycles. The number of esters is 1. The molecule has 3 N–H and O–H groups in total. The summed E-state index contributed by atoms with van der Waals surface area (Å²) in [6, 6.07) is 6.42. The molecule has 33 heavy (non-hydrogen) atoms. The molecule has 0 aliphatic carbocycles. The quantitative estimate of drug-likeness (QED) is 0.625. The summed E-state index contributed by atoms with van der Waals surface area (Å²) in [6.07, 6.45) is -0.284. The van der Waals surface area contributed by atoms with Crippen molar-refractivity contribution in [1.29, 1.82) is 0 Å². The van der Waals surface area contributed by atoms with Crippen molar-refractivity contribution in [2.45, 2.75) is 65.8 Å². The molecule has 1 unspecified atom stereocenters. The Kier molecular flexibility index (Phi) is 7.54. The van der Waals surface area contributed by atoms with Crippen molar-refractivity contribution in [3.8, 4) is 10.4 Å². The van der Waals surface area contributed by atoms with Gasteiger partial charge in [-0.3, -0.25) is 14.4 Å². The van der Waals surface area contributed by atoms with Crippen molar-refractivity contribution < 1.29 is 19.1 Å². The first-order chi connectivity index (χ1) is 15.5. The highest BCUT2D eigenvalue weighted by Crippen LogP contribution is 2.28. The van der Waals surface area contributed by atoms with Crippen molar-refractivity contribution in [2.75, 3.05) is 6.54 Å². The lowest BCUT2D eigenvalue weighted by atomic mass is 9.86. The smallest absolute Gasteiger partial charge is 0.302 e. The highest BCUT2D eigenvalue weighted by Gasteiger charge is 2.44. The number of nitrogens with one attached hydrogen (secondary N) is 1. The van der Waals surface area contributed by atoms with Crippen LogP contribution < -0.4 is 11.1 Å². The van der Waals surface area contributed by atoms with E-state index in [0.29, 0.717) is 6.54 Å². The predicted octanol–water partition coefficient (Wildman–Crippen LogP) is 2.64. The summed E-state index contributed by atoms with van der Waals surface area (Å²) in [5, 5.41) is 2.92. The lowest BCUT2D eigenvalue weighted by Gasteiger charge is -2.32. The third-order valence-corrected chi connectivity index (χ3v) is 6.79. The van der Waals surface area contributed by atoms with Crippen LogP contribution in [-0.2, 0) is 25.7 Å². The minimum atomic E-state index is -0.772. The number of rotatable bonds is 6. The van der Waals surface area contributed by atoms with Crippen molar-refractivity contribution >= 4 is 29.1 Å². The molecular formula is C24H32N4O4S. The molecule has 3 rings (SSSR count). The van der Waals surface area contributed by atoms with Crippen LogP contribution in [0.2, 0.25) is 0 Å². The normalized spacial score (nSPS) is 19.3. The first-order valence-electron chi connectivity index (χ1n) is 11.0. The second kappa shape index (κ2) is 10.0. The number of benzene rings is 1. The molecular weight excluding hydrogens is 440 g/mol. The molecule has 8 nitrogen and oxygen atoms in total. The number of carbonyl (C=O) groups is 3. The van der Waals surface area contributed by atoms with Crippen LogP contribution in [0.25, 0.3) is 10.4 Å². The SMILES string of the molecule is CC(=O)O[C@@H]1C[C@@H](C(=O)NCc2ccc(-c3scnc3C)cc2)N(C(=O)C(N)C(C)(C)C)C1. The van der Waals surface area contributed by atoms with Crippen LogP contribution in [0.5, 0.6) is 0 Å². The summed E-state index contributed by atoms with van der Waals surface area (Å²) >= 11 is 1.59. The predicted molar refractivity (Wildman–Crippen MR) is 127 cm³/mol. The van der Waals surface area contributed by atoms with Gasteiger partial charge in [0, 0.05) is 19.9 Å². The molecule has 0 bridgehead atoms. The monoisotopic (exact) mass is 472 g/mol. The summed E-state index contributed by atoms with van der Waals surface area (Å²) in [6.45, 7) is 9.40. The zero-order valence-electron chi connectivity index (χ0n) is 19.8. The molecule has 3 atom stereocenters. The number of likely N-dealkylation sites (tertiary alicyclic amines) is 1. The van der Waals surface area contributed by atoms with E-state index in [0.717, 1.165) is 21.7 Å². The fourth-order valence-corrected chi connectivity index (χ4v) is 4.63. The maximum atomic E-state index is 13.1. The van der Waals surface area contributed by atoms with Gasteiger partial charge in [0.2, 0.25) is 11.8 Å². The van der Waals surface area contributed by atoms with Crippen molar-refractivity contribution in [3.05, 3.63) is 41.0 Å². The van der Waals surface area contributed by atoms with Crippen molar-refractivity contribution in [3.63, 3.8) is 0 Å². The molecule has 1 saturated heterocycles. The summed E-state index contributed by atoms with van der Waals surface area (Å²) in [4.78, 5) is 44.4. The molecule has 1 aliphatic heterocycles. The van der Waals surface area contributed by atoms with Gasteiger partial charge in [0.25, 0.3) is 0 Å². The van der Waals surface area contributed by atoms with E-state index < -0.39 is 29.6 Å². The number of nitrogens with zero attached hydrogens (tertiary/aromatic N) is 2. The Morgan fingerprint density at radius 3 is 2.48 bits per heavy atom. The second-order valence-electron chi connectivity index (χ2n) is 9.50. The molecule has 2 amide bonds. The van der Waals surface area contributed by atoms with Gasteiger partial charge in [-0.2, -0.15) is 0 Å². The van der Waals surface area contributed by atoms with Gasteiger partial charge in [-0.15, -0.1) is 11.3 Å². The fourth-order valence-electron chi connectivity index (χ4n) is 3.82. The number of hydrogen-bond acceptors (Lipinski definition) is 7. The average Bonchev–Trinajstić information content (AvgIpc) is 3.36. The Balaban J connectivity index is 1.68. The van der Waals surface area contributed by atoms with E-state index in [4.69, 9.17) is 10.5 Å². The van der Waals surface area contributed by atoms with Crippen LogP contribution in [0, 0.1) is 12.3 Å². The van der Waals surface area contributed by atoms with E-state index in [-0.39, 0.29) is 24.8 Å². The number of aromatic nitrogens is 1. The number of amides is 2. The van der Waals surface area contributed by atoms with Gasteiger partial charge in [0.05, 0.1) is 28.7 Å². The Bertz CT molecular complexity index is 1010. The lowest BCUT2D eigenvalue weighted by Crippen LogP contribution is -2.54. The lowest BCUT2D eigenvalue weighted by molar-refractivity contribution is -0.147. The number of carbonyl (C=O) groups excluding carboxylic acids is 3. The van der Waals surface area contributed by atoms with Gasteiger partial charge in [-0.1, -0.05) is 45.0 Å². The van der Waals surface area contributed by atoms with Crippen LogP contribution >= 0.6 is 11.3 Å². The Hall–Kier alpha value is -2.78. The molecule has 1 fully saturated rings. The third kappa shape index (κ3) is 5.97. The van der Waals surface area contributed by atoms with Crippen LogP contribution in [0.15, 0.2) is 29.8 Å². The van der Waals surface area contributed by atoms with Gasteiger partial charge < -0.3 is 20.7 Å². The van der Waals surface area contributed by atoms with E-state index in [2.05, 4.69) is 10.3 Å². The molecule has 2 aromatic rings. The molecule has 1 aromatic carbocycles. The maximum Gasteiger partial charge on any atom is 0.302 e. The fraction of sp³-hybridized carbons (Fsp3) is 0.500. The Morgan fingerprint density at radius 2 is 1.94 bits per heavy atom. The minimum absolute atomic E-state index is 0.156. The van der Waals surface area contributed by atoms with Gasteiger partial charge in [0.15, 0.2) is 0 Å². The number of ether oxygens (including phenoxy) is 1. The van der Waals surface area contributed by atoms with E-state index in [1.165, 1.54) is 11.8 Å². The molecule has 0 radical (unpaired) electrons. The van der Waals surface area contributed by atoms with Crippen LogP contribution in [0.3, 0.4) is 0 Å². The van der Waals surface area contributed by atoms with E-state index in [9.17, 15) is 14.4 Å². The molecule has 2 heterocycles. The van der Waals surface area contributed by atoms with E-state index in [1.807, 2.05) is 57.5 Å². The second-order valence-corrected chi connectivity index (χ2v) is 10.4. The highest BCUT2D eigenvalue weighted by atomic mass is 32.1. The van der Waals surface area contributed by atoms with Gasteiger partial charge >= 0.3 is 5.97 Å². The number of thiazole rings is 1. The Labute approximate surface area is 198 Å². The van der Waals surface area contributed by atoms with E-state index >= 15 is 0 Å². The number of hydrogen-bond donors (Lipinski definition) is 2. The highest BCUT2D eigenvalue weighted by molar-refractivity contribution is 7.13. The molecule has 0 saturated carbocycles. The minimum Gasteiger partial charge on any atom is -0.461 e. The average molecular weight is 473 g/mol. The molecule has 0 spiro atoms. The summed E-state index contributed by atoms with van der Waals surface area (Å²) in [7, 11) is 0. The van der Waals surface area contributed by atoms with Crippen LogP contribution in [0.1, 0.15) is 45.4 Å². The zero-order valence-corrected chi connectivity index (χ0v) is 20.6. The standard InChI is InChI=1S/C24H32N4O4S/c1-14-20(33-13-27-14)17-8-6-16(7-9-17)11-26-22(30)19-10-18(32-15(2)29)12-28(19)23(31)21(25)24(3,4)5/h6-9,13,18-19,21H,10-12,25H2,1-5H3,(H,26,30)/t18-,19+,21?/m1/s1. The van der Waals surface area contributed by atoms with Crippen molar-refractivity contribution in [2.24, 2.45) is 11.1 Å². The summed E-state index contributed by atoms with van der Waals surface area (Å²) < 4.78 is 5.30. The Morgan fingerprint density at radius 1 is 1.27 bits per heavy atom. The van der Waals surface area contributed by atoms with Crippen molar-refractivity contribution in [1.82, 2.24) is 15.2 Å². The van der Waals surface area contributed by atoms with Crippen LogP contribution in [0.4, 0.5) is 0 Å². The largest absolute Gasteiger partial charge is 0.461 e. The molecule has 178 valence electrons. The summed E-state index contributed by atoms with van der Waals surface area (Å²) in [5.74, 6) is -1.05. The van der Waals surface area contributed by atoms with Gasteiger partial charge in [-0.25, -0.2) is 4.98 Å². The molecule has 9 heteroatoms. The maximum absolute atomic E-state index is 13.1. The van der Waals surface area contributed by atoms with Gasteiger partial charge in [0.1, 0.15) is 12.1 Å². The van der Waals surface area contributed by atoms with E-state index in [1.54, 1.807) is 11.3 Å².